The fourth-order valence-corrected chi connectivity index (χ4v) is 2.51. The molecular formula is C12H25O3P. The lowest BCUT2D eigenvalue weighted by atomic mass is 9.84. The maximum absolute atomic E-state index is 7.07. The molecule has 0 aromatic heterocycles. The molecule has 96 valence electrons. The van der Waals surface area contributed by atoms with Gasteiger partial charge in [0.1, 0.15) is 0 Å². The summed E-state index contributed by atoms with van der Waals surface area (Å²) >= 11 is 0. The number of hydrogen-bond donors (Lipinski definition) is 0. The zero-order valence-corrected chi connectivity index (χ0v) is 11.6. The summed E-state index contributed by atoms with van der Waals surface area (Å²) in [4.78, 5) is 0. The third-order valence-electron chi connectivity index (χ3n) is 3.27. The Labute approximate surface area is 103 Å². The zero-order valence-electron chi connectivity index (χ0n) is 12.7. The highest BCUT2D eigenvalue weighted by molar-refractivity contribution is 7.50. The first-order valence-corrected chi connectivity index (χ1v) is 7.97. The minimum Gasteiger partial charge on any atom is -0.382 e. The first-order valence-electron chi connectivity index (χ1n) is 6.97. The molecule has 0 saturated carbocycles. The molecule has 0 radical (unpaired) electrons. The monoisotopic (exact) mass is 251 g/mol. The molecule has 0 spiro atoms. The van der Waals surface area contributed by atoms with E-state index < -0.39 is 7.06 Å². The predicted molar refractivity (Wildman–Crippen MR) is 68.2 cm³/mol. The Bertz CT molecular complexity index is 241. The molecule has 1 rings (SSSR count). The van der Waals surface area contributed by atoms with Gasteiger partial charge in [-0.15, -0.1) is 0 Å². The smallest absolute Gasteiger partial charge is 0.0841 e. The molecule has 0 aromatic rings. The number of hydrogen-bond acceptors (Lipinski definition) is 3. The maximum atomic E-state index is 7.07. The van der Waals surface area contributed by atoms with Crippen LogP contribution in [0.5, 0.6) is 0 Å². The van der Waals surface area contributed by atoms with Gasteiger partial charge >= 0.3 is 0 Å². The van der Waals surface area contributed by atoms with Crippen molar-refractivity contribution in [1.29, 1.82) is 0 Å². The van der Waals surface area contributed by atoms with E-state index in [0.717, 1.165) is 6.42 Å². The van der Waals surface area contributed by atoms with Gasteiger partial charge in [-0.1, -0.05) is 13.8 Å². The quantitative estimate of drug-likeness (QED) is 0.703. The van der Waals surface area contributed by atoms with Crippen LogP contribution in [0.4, 0.5) is 0 Å². The van der Waals surface area contributed by atoms with Crippen LogP contribution in [0.15, 0.2) is 0 Å². The largest absolute Gasteiger partial charge is 0.382 e. The number of ether oxygens (including phenoxy) is 2. The van der Waals surface area contributed by atoms with E-state index in [1.54, 1.807) is 0 Å². The summed E-state index contributed by atoms with van der Waals surface area (Å²) in [6.45, 7) is 9.48. The van der Waals surface area contributed by atoms with Crippen LogP contribution in [-0.2, 0) is 14.0 Å². The van der Waals surface area contributed by atoms with Gasteiger partial charge in [0.15, 0.2) is 0 Å². The third-order valence-corrected chi connectivity index (χ3v) is 3.93. The molecule has 4 heteroatoms. The molecule has 0 aromatic carbocycles. The van der Waals surface area contributed by atoms with Crippen molar-refractivity contribution in [3.05, 3.63) is 0 Å². The second-order valence-electron chi connectivity index (χ2n) is 4.81. The van der Waals surface area contributed by atoms with Crippen molar-refractivity contribution in [3.63, 3.8) is 0 Å². The van der Waals surface area contributed by atoms with Crippen LogP contribution in [0.3, 0.4) is 0 Å². The fourth-order valence-electron chi connectivity index (χ4n) is 2.05. The highest BCUT2D eigenvalue weighted by Crippen LogP contribution is 2.33. The molecule has 1 aliphatic heterocycles. The lowest BCUT2D eigenvalue weighted by Crippen LogP contribution is -2.42. The summed E-state index contributed by atoms with van der Waals surface area (Å²) in [6.07, 6.45) is 1.09. The third kappa shape index (κ3) is 4.29. The van der Waals surface area contributed by atoms with Gasteiger partial charge in [0.05, 0.1) is 28.2 Å². The van der Waals surface area contributed by atoms with Crippen molar-refractivity contribution < 1.29 is 16.7 Å². The van der Waals surface area contributed by atoms with E-state index in [-0.39, 0.29) is 20.4 Å². The van der Waals surface area contributed by atoms with Crippen LogP contribution < -0.4 is 0 Å². The summed E-state index contributed by atoms with van der Waals surface area (Å²) < 4.78 is 30.8. The second kappa shape index (κ2) is 6.90. The van der Waals surface area contributed by atoms with Crippen molar-refractivity contribution in [1.82, 2.24) is 0 Å². The topological polar surface area (TPSA) is 27.7 Å². The standard InChI is InChI=1S/C12H25O3P/c1-9-6-11(7-14-16(4)5)15-12(8-13-3)10(9)2/h9-12H,6-8H2,1-5H3/t9-,10+,11+,12+/m0/s1/i3TD/t3?,9-,10+,11+,12+. The fraction of sp³-hybridized carbons (Fsp3) is 1.00. The zero-order chi connectivity index (χ0) is 13.7. The Balaban J connectivity index is 2.44. The molecule has 1 unspecified atom stereocenters. The summed E-state index contributed by atoms with van der Waals surface area (Å²) in [7, 11) is -1.58. The van der Waals surface area contributed by atoms with Gasteiger partial charge < -0.3 is 14.0 Å². The molecule has 1 saturated heterocycles. The Morgan fingerprint density at radius 3 is 2.88 bits per heavy atom. The summed E-state index contributed by atoms with van der Waals surface area (Å²) in [5, 5.41) is 0. The van der Waals surface area contributed by atoms with E-state index in [0.29, 0.717) is 25.0 Å². The first kappa shape index (κ1) is 11.4. The highest BCUT2D eigenvalue weighted by Gasteiger charge is 2.33. The second-order valence-corrected chi connectivity index (χ2v) is 6.69. The van der Waals surface area contributed by atoms with Gasteiger partial charge in [-0.25, -0.2) is 0 Å². The minimum absolute atomic E-state index is 0.0273. The predicted octanol–water partition coefficient (Wildman–Crippen LogP) is 2.74. The minimum atomic E-state index is -1.23. The normalized spacial score (nSPS) is 39.3. The summed E-state index contributed by atoms with van der Waals surface area (Å²) in [5.41, 5.74) is 0. The maximum Gasteiger partial charge on any atom is 0.0841 e. The van der Waals surface area contributed by atoms with Crippen LogP contribution in [-0.4, -0.2) is 45.8 Å². The molecule has 16 heavy (non-hydrogen) atoms. The summed E-state index contributed by atoms with van der Waals surface area (Å²) in [6, 6.07) is 0. The summed E-state index contributed by atoms with van der Waals surface area (Å²) in [5.74, 6) is 0.945. The molecule has 3 nitrogen and oxygen atoms in total. The lowest BCUT2D eigenvalue weighted by molar-refractivity contribution is -0.133. The van der Waals surface area contributed by atoms with Gasteiger partial charge in [0, 0.05) is 15.2 Å². The highest BCUT2D eigenvalue weighted by atomic mass is 31.1. The van der Waals surface area contributed by atoms with E-state index in [1.165, 1.54) is 0 Å². The molecule has 1 aliphatic rings. The van der Waals surface area contributed by atoms with E-state index >= 15 is 0 Å². The molecule has 5 atom stereocenters. The Hall–Kier alpha value is 0.310. The lowest BCUT2D eigenvalue weighted by Gasteiger charge is -2.39. The van der Waals surface area contributed by atoms with Gasteiger partial charge in [0.25, 0.3) is 0 Å². The van der Waals surface area contributed by atoms with Crippen LogP contribution in [0.25, 0.3) is 0 Å². The van der Waals surface area contributed by atoms with Crippen LogP contribution in [0.1, 0.15) is 23.0 Å². The Morgan fingerprint density at radius 2 is 2.25 bits per heavy atom. The SMILES string of the molecule is [2H]C([3H])OC[C@H]1O[C@@H](COP(C)C)C[C@H](C)[C@H]1C. The molecule has 0 aliphatic carbocycles. The molecule has 1 heterocycles. The molecule has 0 bridgehead atoms. The average Bonchev–Trinajstić information content (AvgIpc) is 2.28. The molecule has 0 N–H and O–H groups in total. The Kier molecular flexibility index (Phi) is 4.92. The number of methoxy groups -OCH3 is 1. The number of rotatable bonds is 5. The van der Waals surface area contributed by atoms with Gasteiger partial charge in [-0.05, 0) is 31.6 Å². The van der Waals surface area contributed by atoms with Crippen LogP contribution >= 0.6 is 8.15 Å². The van der Waals surface area contributed by atoms with Gasteiger partial charge in [-0.2, -0.15) is 0 Å². The first-order chi connectivity index (χ1) is 8.40. The van der Waals surface area contributed by atoms with E-state index in [4.69, 9.17) is 16.7 Å². The van der Waals surface area contributed by atoms with Gasteiger partial charge in [0.2, 0.25) is 0 Å². The van der Waals surface area contributed by atoms with Crippen molar-refractivity contribution in [2.45, 2.75) is 32.5 Å². The average molecular weight is 251 g/mol. The van der Waals surface area contributed by atoms with Crippen molar-refractivity contribution in [3.8, 4) is 0 Å². The van der Waals surface area contributed by atoms with Crippen LogP contribution in [0, 0.1) is 11.8 Å². The van der Waals surface area contributed by atoms with Crippen molar-refractivity contribution in [2.24, 2.45) is 11.8 Å². The van der Waals surface area contributed by atoms with E-state index in [2.05, 4.69) is 27.2 Å². The van der Waals surface area contributed by atoms with Crippen molar-refractivity contribution >= 4 is 8.15 Å². The molecular weight excluding hydrogens is 223 g/mol. The van der Waals surface area contributed by atoms with Gasteiger partial charge in [-0.3, -0.25) is 0 Å². The van der Waals surface area contributed by atoms with Crippen LogP contribution in [0.2, 0.25) is 0 Å². The molecule has 1 fully saturated rings. The van der Waals surface area contributed by atoms with E-state index in [9.17, 15) is 0 Å². The van der Waals surface area contributed by atoms with Crippen molar-refractivity contribution in [2.75, 3.05) is 33.6 Å². The Morgan fingerprint density at radius 1 is 1.50 bits per heavy atom. The van der Waals surface area contributed by atoms with E-state index in [1.807, 2.05) is 0 Å². The molecule has 0 amide bonds.